The van der Waals surface area contributed by atoms with Gasteiger partial charge in [-0.3, -0.25) is 10.1 Å². The number of nitro groups is 1. The molecule has 1 rings (SSSR count). The Morgan fingerprint density at radius 2 is 1.94 bits per heavy atom. The fraction of sp³-hybridized carbons (Fsp3) is 0.692. The molecule has 0 radical (unpaired) electrons. The van der Waals surface area contributed by atoms with E-state index in [0.717, 1.165) is 17.9 Å². The zero-order chi connectivity index (χ0) is 13.2. The maximum Gasteiger partial charge on any atom is 0.324 e. The van der Waals surface area contributed by atoms with Gasteiger partial charge in [-0.25, -0.2) is 0 Å². The van der Waals surface area contributed by atoms with Crippen LogP contribution in [0.1, 0.15) is 50.3 Å². The number of unbranched alkanes of at least 4 members (excludes halogenated alkanes) is 5. The lowest BCUT2D eigenvalue weighted by Gasteiger charge is -2.02. The lowest BCUT2D eigenvalue weighted by atomic mass is 10.1. The first-order valence-corrected chi connectivity index (χ1v) is 7.36. The molecular weight excluding hydrogens is 250 g/mol. The summed E-state index contributed by atoms with van der Waals surface area (Å²) in [6.07, 6.45) is 7.48. The van der Waals surface area contributed by atoms with Crippen molar-refractivity contribution >= 4 is 16.3 Å². The summed E-state index contributed by atoms with van der Waals surface area (Å²) in [7, 11) is 0. The van der Waals surface area contributed by atoms with Crippen molar-refractivity contribution in [3.63, 3.8) is 0 Å². The van der Waals surface area contributed by atoms with E-state index in [1.165, 1.54) is 49.5 Å². The van der Waals surface area contributed by atoms with Crippen LogP contribution in [0.15, 0.2) is 12.1 Å². The van der Waals surface area contributed by atoms with E-state index in [1.54, 1.807) is 6.07 Å². The van der Waals surface area contributed by atoms with Crippen LogP contribution in [0.25, 0.3) is 0 Å². The SMILES string of the molecule is CCCCCCCCOCc1ccc([N+](=O)[O-])s1. The number of hydrogen-bond acceptors (Lipinski definition) is 4. The van der Waals surface area contributed by atoms with Crippen LogP contribution < -0.4 is 0 Å². The van der Waals surface area contributed by atoms with Gasteiger partial charge in [0.2, 0.25) is 0 Å². The lowest BCUT2D eigenvalue weighted by molar-refractivity contribution is -0.380. The number of rotatable bonds is 10. The molecule has 0 bridgehead atoms. The van der Waals surface area contributed by atoms with E-state index in [1.807, 2.05) is 0 Å². The lowest BCUT2D eigenvalue weighted by Crippen LogP contribution is -1.93. The Bertz CT molecular complexity index is 352. The van der Waals surface area contributed by atoms with Crippen LogP contribution in [0.3, 0.4) is 0 Å². The van der Waals surface area contributed by atoms with E-state index in [-0.39, 0.29) is 9.92 Å². The molecule has 0 fully saturated rings. The Balaban J connectivity index is 2.02. The molecule has 0 atom stereocenters. The van der Waals surface area contributed by atoms with Crippen molar-refractivity contribution in [1.29, 1.82) is 0 Å². The largest absolute Gasteiger partial charge is 0.376 e. The zero-order valence-electron chi connectivity index (χ0n) is 10.9. The fourth-order valence-corrected chi connectivity index (χ4v) is 2.46. The van der Waals surface area contributed by atoms with Gasteiger partial charge >= 0.3 is 5.00 Å². The van der Waals surface area contributed by atoms with Crippen molar-refractivity contribution < 1.29 is 9.66 Å². The van der Waals surface area contributed by atoms with Crippen LogP contribution in [-0.4, -0.2) is 11.5 Å². The third-order valence-electron chi connectivity index (χ3n) is 2.71. The van der Waals surface area contributed by atoms with Gasteiger partial charge in [-0.05, 0) is 12.5 Å². The maximum absolute atomic E-state index is 10.5. The fourth-order valence-electron chi connectivity index (χ4n) is 1.70. The highest BCUT2D eigenvalue weighted by Crippen LogP contribution is 2.24. The van der Waals surface area contributed by atoms with E-state index in [4.69, 9.17) is 4.74 Å². The molecule has 0 saturated heterocycles. The third-order valence-corrected chi connectivity index (χ3v) is 3.72. The topological polar surface area (TPSA) is 52.4 Å². The second-order valence-electron chi connectivity index (χ2n) is 4.32. The number of hydrogen-bond donors (Lipinski definition) is 0. The highest BCUT2D eigenvalue weighted by Gasteiger charge is 2.09. The third kappa shape index (κ3) is 6.12. The molecule has 4 nitrogen and oxygen atoms in total. The predicted molar refractivity (Wildman–Crippen MR) is 74.0 cm³/mol. The predicted octanol–water partition coefficient (Wildman–Crippen LogP) is 4.53. The van der Waals surface area contributed by atoms with Crippen molar-refractivity contribution in [3.05, 3.63) is 27.1 Å². The van der Waals surface area contributed by atoms with E-state index in [2.05, 4.69) is 6.92 Å². The average molecular weight is 271 g/mol. The molecular formula is C13H21NO3S. The molecule has 1 aromatic rings. The summed E-state index contributed by atoms with van der Waals surface area (Å²) in [5.41, 5.74) is 0. The second-order valence-corrected chi connectivity index (χ2v) is 5.46. The molecule has 5 heteroatoms. The summed E-state index contributed by atoms with van der Waals surface area (Å²) in [5.74, 6) is 0. The summed E-state index contributed by atoms with van der Waals surface area (Å²) in [5, 5.41) is 10.7. The Kier molecular flexibility index (Phi) is 7.60. The highest BCUT2D eigenvalue weighted by atomic mass is 32.1. The maximum atomic E-state index is 10.5. The molecule has 0 aliphatic heterocycles. The van der Waals surface area contributed by atoms with Gasteiger partial charge in [0.15, 0.2) is 0 Å². The summed E-state index contributed by atoms with van der Waals surface area (Å²) in [4.78, 5) is 11.1. The molecule has 0 saturated carbocycles. The standard InChI is InChI=1S/C13H21NO3S/c1-2-3-4-5-6-7-10-17-11-12-8-9-13(18-12)14(15)16/h8-9H,2-7,10-11H2,1H3. The molecule has 1 aromatic heterocycles. The van der Waals surface area contributed by atoms with E-state index in [9.17, 15) is 10.1 Å². The molecule has 102 valence electrons. The van der Waals surface area contributed by atoms with Gasteiger partial charge in [-0.15, -0.1) is 0 Å². The van der Waals surface area contributed by atoms with Crippen LogP contribution in [0.2, 0.25) is 0 Å². The van der Waals surface area contributed by atoms with Crippen LogP contribution in [0.5, 0.6) is 0 Å². The van der Waals surface area contributed by atoms with Crippen LogP contribution in [0, 0.1) is 10.1 Å². The van der Waals surface area contributed by atoms with Gasteiger partial charge in [-0.2, -0.15) is 0 Å². The molecule has 0 amide bonds. The van der Waals surface area contributed by atoms with E-state index >= 15 is 0 Å². The Hall–Kier alpha value is -0.940. The van der Waals surface area contributed by atoms with Gasteiger partial charge in [0.1, 0.15) is 0 Å². The first kappa shape index (κ1) is 15.1. The van der Waals surface area contributed by atoms with Crippen LogP contribution >= 0.6 is 11.3 Å². The Morgan fingerprint density at radius 1 is 1.22 bits per heavy atom. The highest BCUT2D eigenvalue weighted by molar-refractivity contribution is 7.15. The number of ether oxygens (including phenoxy) is 1. The smallest absolute Gasteiger partial charge is 0.324 e. The molecule has 0 spiro atoms. The minimum Gasteiger partial charge on any atom is -0.376 e. The molecule has 0 aliphatic rings. The zero-order valence-corrected chi connectivity index (χ0v) is 11.7. The van der Waals surface area contributed by atoms with Gasteiger partial charge in [-0.1, -0.05) is 50.4 Å². The normalized spacial score (nSPS) is 10.7. The molecule has 0 N–H and O–H groups in total. The summed E-state index contributed by atoms with van der Waals surface area (Å²) < 4.78 is 5.51. The quantitative estimate of drug-likeness (QED) is 0.357. The van der Waals surface area contributed by atoms with Crippen molar-refractivity contribution in [3.8, 4) is 0 Å². The van der Waals surface area contributed by atoms with E-state index in [0.29, 0.717) is 6.61 Å². The second kappa shape index (κ2) is 9.05. The van der Waals surface area contributed by atoms with Crippen LogP contribution in [0.4, 0.5) is 5.00 Å². The summed E-state index contributed by atoms with van der Waals surface area (Å²) in [6, 6.07) is 3.30. The Labute approximate surface area is 112 Å². The van der Waals surface area contributed by atoms with Gasteiger partial charge in [0.25, 0.3) is 0 Å². The summed E-state index contributed by atoms with van der Waals surface area (Å²) >= 11 is 1.19. The van der Waals surface area contributed by atoms with Crippen LogP contribution in [-0.2, 0) is 11.3 Å². The monoisotopic (exact) mass is 271 g/mol. The van der Waals surface area contributed by atoms with E-state index < -0.39 is 0 Å². The first-order valence-electron chi connectivity index (χ1n) is 6.55. The van der Waals surface area contributed by atoms with Gasteiger partial charge in [0.05, 0.1) is 11.5 Å². The minimum absolute atomic E-state index is 0.188. The minimum atomic E-state index is -0.359. The van der Waals surface area contributed by atoms with Gasteiger partial charge in [0, 0.05) is 17.6 Å². The first-order chi connectivity index (χ1) is 8.74. The molecule has 1 heterocycles. The van der Waals surface area contributed by atoms with Crippen molar-refractivity contribution in [2.75, 3.05) is 6.61 Å². The molecule has 0 aromatic carbocycles. The summed E-state index contributed by atoms with van der Waals surface area (Å²) in [6.45, 7) is 3.45. The molecule has 0 aliphatic carbocycles. The number of thiophene rings is 1. The molecule has 0 unspecified atom stereocenters. The van der Waals surface area contributed by atoms with Crippen molar-refractivity contribution in [2.45, 2.75) is 52.1 Å². The van der Waals surface area contributed by atoms with Crippen molar-refractivity contribution in [1.82, 2.24) is 0 Å². The molecule has 18 heavy (non-hydrogen) atoms. The average Bonchev–Trinajstić information content (AvgIpc) is 2.81. The van der Waals surface area contributed by atoms with Crippen molar-refractivity contribution in [2.24, 2.45) is 0 Å². The van der Waals surface area contributed by atoms with Gasteiger partial charge < -0.3 is 4.74 Å². The number of nitrogens with zero attached hydrogens (tertiary/aromatic N) is 1. The Morgan fingerprint density at radius 3 is 2.61 bits per heavy atom.